The molecule has 3 aromatic rings. The maximum atomic E-state index is 12.5. The van der Waals surface area contributed by atoms with Crippen LogP contribution in [-0.4, -0.2) is 16.9 Å². The molecule has 0 aliphatic carbocycles. The van der Waals surface area contributed by atoms with Gasteiger partial charge in [-0.25, -0.2) is 0 Å². The highest BCUT2D eigenvalue weighted by Crippen LogP contribution is 2.24. The molecule has 0 radical (unpaired) electrons. The van der Waals surface area contributed by atoms with Crippen LogP contribution in [-0.2, 0) is 11.2 Å². The molecule has 27 heavy (non-hydrogen) atoms. The summed E-state index contributed by atoms with van der Waals surface area (Å²) in [5, 5.41) is 13.6. The van der Waals surface area contributed by atoms with Gasteiger partial charge in [-0.3, -0.25) is 9.59 Å². The van der Waals surface area contributed by atoms with E-state index in [1.54, 1.807) is 23.5 Å². The fourth-order valence-corrected chi connectivity index (χ4v) is 3.79. The Balaban J connectivity index is 1.57. The maximum Gasteiger partial charge on any atom is 0.306 e. The van der Waals surface area contributed by atoms with Gasteiger partial charge in [0.1, 0.15) is 0 Å². The summed E-state index contributed by atoms with van der Waals surface area (Å²) < 4.78 is 0. The van der Waals surface area contributed by atoms with E-state index in [4.69, 9.17) is 0 Å². The third-order valence-electron chi connectivity index (χ3n) is 4.70. The molecular formula is C23H22O3S. The molecule has 0 aliphatic heterocycles. The molecule has 1 unspecified atom stereocenters. The molecule has 1 aromatic heterocycles. The summed E-state index contributed by atoms with van der Waals surface area (Å²) in [6, 6.07) is 19.4. The lowest BCUT2D eigenvalue weighted by Crippen LogP contribution is -2.18. The van der Waals surface area contributed by atoms with E-state index < -0.39 is 11.9 Å². The van der Waals surface area contributed by atoms with Gasteiger partial charge < -0.3 is 5.11 Å². The first kappa shape index (κ1) is 19.1. The van der Waals surface area contributed by atoms with Gasteiger partial charge in [0.15, 0.2) is 5.78 Å². The first-order valence-electron chi connectivity index (χ1n) is 9.06. The highest BCUT2D eigenvalue weighted by Gasteiger charge is 2.21. The van der Waals surface area contributed by atoms with Crippen LogP contribution in [0.3, 0.4) is 0 Å². The first-order valence-corrected chi connectivity index (χ1v) is 10.0. The molecule has 0 amide bonds. The molecule has 3 nitrogen and oxygen atoms in total. The predicted molar refractivity (Wildman–Crippen MR) is 109 cm³/mol. The third-order valence-corrected chi connectivity index (χ3v) is 5.39. The Morgan fingerprint density at radius 1 is 0.926 bits per heavy atom. The number of Topliss-reactive ketones (excluding diaryl/α,β-unsaturated/α-hetero) is 1. The van der Waals surface area contributed by atoms with Gasteiger partial charge in [0.05, 0.1) is 5.92 Å². The van der Waals surface area contributed by atoms with Crippen LogP contribution in [0, 0.1) is 5.92 Å². The smallest absolute Gasteiger partial charge is 0.306 e. The van der Waals surface area contributed by atoms with Crippen molar-refractivity contribution < 1.29 is 14.7 Å². The first-order chi connectivity index (χ1) is 13.1. The highest BCUT2D eigenvalue weighted by atomic mass is 32.1. The van der Waals surface area contributed by atoms with Crippen LogP contribution in [0.15, 0.2) is 71.4 Å². The van der Waals surface area contributed by atoms with Crippen molar-refractivity contribution in [1.29, 1.82) is 0 Å². The minimum absolute atomic E-state index is 0.0436. The Labute approximate surface area is 163 Å². The number of carboxylic acids is 1. The Hall–Kier alpha value is -2.72. The topological polar surface area (TPSA) is 54.4 Å². The number of rotatable bonds is 9. The van der Waals surface area contributed by atoms with Gasteiger partial charge in [-0.15, -0.1) is 0 Å². The van der Waals surface area contributed by atoms with Crippen LogP contribution in [0.2, 0.25) is 0 Å². The number of thiophene rings is 1. The number of aliphatic carboxylic acids is 1. The summed E-state index contributed by atoms with van der Waals surface area (Å²) >= 11 is 1.63. The van der Waals surface area contributed by atoms with E-state index in [0.717, 1.165) is 24.0 Å². The largest absolute Gasteiger partial charge is 0.481 e. The standard InChI is InChI=1S/C23H22O3S/c24-22(19-11-9-18(10-12-19)21-13-14-27-16-21)15-20(23(25)26)8-4-7-17-5-2-1-3-6-17/h1-3,5-6,9-14,16,20H,4,7-8,15H2,(H,25,26). The van der Waals surface area contributed by atoms with Gasteiger partial charge >= 0.3 is 5.97 Å². The molecular weight excluding hydrogens is 356 g/mol. The summed E-state index contributed by atoms with van der Waals surface area (Å²) in [5.41, 5.74) is 3.95. The van der Waals surface area contributed by atoms with Gasteiger partial charge in [-0.1, -0.05) is 54.6 Å². The Bertz CT molecular complexity index is 868. The van der Waals surface area contributed by atoms with Gasteiger partial charge in [0.25, 0.3) is 0 Å². The molecule has 0 aliphatic rings. The van der Waals surface area contributed by atoms with Crippen LogP contribution in [0.1, 0.15) is 35.2 Å². The Kier molecular flexibility index (Phi) is 6.55. The average molecular weight is 378 g/mol. The second-order valence-corrected chi connectivity index (χ2v) is 7.41. The van der Waals surface area contributed by atoms with Crippen molar-refractivity contribution >= 4 is 23.1 Å². The van der Waals surface area contributed by atoms with Crippen LogP contribution in [0.25, 0.3) is 11.1 Å². The van der Waals surface area contributed by atoms with Crippen molar-refractivity contribution in [3.05, 3.63) is 82.6 Å². The highest BCUT2D eigenvalue weighted by molar-refractivity contribution is 7.08. The molecule has 0 saturated heterocycles. The third kappa shape index (κ3) is 5.38. The summed E-state index contributed by atoms with van der Waals surface area (Å²) in [7, 11) is 0. The van der Waals surface area contributed by atoms with Crippen molar-refractivity contribution in [3.8, 4) is 11.1 Å². The summed E-state index contributed by atoms with van der Waals surface area (Å²) in [6.07, 6.45) is 2.13. The van der Waals surface area contributed by atoms with Crippen LogP contribution >= 0.6 is 11.3 Å². The molecule has 0 fully saturated rings. The van der Waals surface area contributed by atoms with Crippen molar-refractivity contribution in [2.75, 3.05) is 0 Å². The number of benzene rings is 2. The second kappa shape index (κ2) is 9.28. The predicted octanol–water partition coefficient (Wildman–Crippen LogP) is 5.71. The SMILES string of the molecule is O=C(CC(CCCc1ccccc1)C(=O)O)c1ccc(-c2ccsc2)cc1. The van der Waals surface area contributed by atoms with Crippen LogP contribution in [0.4, 0.5) is 0 Å². The van der Waals surface area contributed by atoms with Crippen molar-refractivity contribution in [2.45, 2.75) is 25.7 Å². The molecule has 0 saturated carbocycles. The summed E-state index contributed by atoms with van der Waals surface area (Å²) in [4.78, 5) is 24.1. The fraction of sp³-hybridized carbons (Fsp3) is 0.217. The minimum atomic E-state index is -0.897. The van der Waals surface area contributed by atoms with E-state index in [9.17, 15) is 14.7 Å². The lowest BCUT2D eigenvalue weighted by Gasteiger charge is -2.12. The van der Waals surface area contributed by atoms with Gasteiger partial charge in [0, 0.05) is 12.0 Å². The molecule has 0 spiro atoms. The van der Waals surface area contributed by atoms with Crippen LogP contribution in [0.5, 0.6) is 0 Å². The molecule has 1 atom stereocenters. The van der Waals surface area contributed by atoms with E-state index in [-0.39, 0.29) is 12.2 Å². The zero-order valence-electron chi connectivity index (χ0n) is 15.0. The molecule has 138 valence electrons. The van der Waals surface area contributed by atoms with Crippen molar-refractivity contribution in [1.82, 2.24) is 0 Å². The number of carboxylic acid groups (broad SMARTS) is 1. The second-order valence-electron chi connectivity index (χ2n) is 6.63. The van der Waals surface area contributed by atoms with E-state index in [2.05, 4.69) is 5.38 Å². The van der Waals surface area contributed by atoms with Crippen molar-refractivity contribution in [3.63, 3.8) is 0 Å². The monoisotopic (exact) mass is 378 g/mol. The normalized spacial score (nSPS) is 11.9. The van der Waals surface area contributed by atoms with E-state index in [0.29, 0.717) is 12.0 Å². The van der Waals surface area contributed by atoms with Crippen molar-refractivity contribution in [2.24, 2.45) is 5.92 Å². The molecule has 3 rings (SSSR count). The molecule has 0 bridgehead atoms. The zero-order valence-corrected chi connectivity index (χ0v) is 15.8. The van der Waals surface area contributed by atoms with Crippen LogP contribution < -0.4 is 0 Å². The molecule has 4 heteroatoms. The van der Waals surface area contributed by atoms with E-state index >= 15 is 0 Å². The summed E-state index contributed by atoms with van der Waals surface area (Å²) in [6.45, 7) is 0. The number of carbonyl (C=O) groups is 2. The maximum absolute atomic E-state index is 12.5. The number of carbonyl (C=O) groups excluding carboxylic acids is 1. The lowest BCUT2D eigenvalue weighted by molar-refractivity contribution is -0.141. The van der Waals surface area contributed by atoms with E-state index in [1.807, 2.05) is 53.9 Å². The number of ketones is 1. The Morgan fingerprint density at radius 2 is 1.67 bits per heavy atom. The minimum Gasteiger partial charge on any atom is -0.481 e. The number of aryl methyl sites for hydroxylation is 1. The number of hydrogen-bond donors (Lipinski definition) is 1. The quantitative estimate of drug-likeness (QED) is 0.485. The summed E-state index contributed by atoms with van der Waals surface area (Å²) in [5.74, 6) is -1.65. The van der Waals surface area contributed by atoms with Gasteiger partial charge in [-0.2, -0.15) is 11.3 Å². The zero-order chi connectivity index (χ0) is 19.1. The molecule has 2 aromatic carbocycles. The fourth-order valence-electron chi connectivity index (χ4n) is 3.13. The number of hydrogen-bond acceptors (Lipinski definition) is 3. The average Bonchev–Trinajstić information content (AvgIpc) is 3.23. The lowest BCUT2D eigenvalue weighted by atomic mass is 9.92. The molecule has 1 heterocycles. The Morgan fingerprint density at radius 3 is 2.30 bits per heavy atom. The van der Waals surface area contributed by atoms with E-state index in [1.165, 1.54) is 5.56 Å². The van der Waals surface area contributed by atoms with Gasteiger partial charge in [-0.05, 0) is 52.8 Å². The van der Waals surface area contributed by atoms with Gasteiger partial charge in [0.2, 0.25) is 0 Å². The molecule has 1 N–H and O–H groups in total.